The van der Waals surface area contributed by atoms with Crippen LogP contribution in [-0.2, 0) is 28.6 Å². The van der Waals surface area contributed by atoms with E-state index < -0.39 is 6.10 Å². The Bertz CT molecular complexity index is 1060. The van der Waals surface area contributed by atoms with E-state index in [2.05, 4.69) is 69.4 Å². The van der Waals surface area contributed by atoms with Gasteiger partial charge in [-0.25, -0.2) is 0 Å². The number of carbonyl (C=O) groups is 3. The summed E-state index contributed by atoms with van der Waals surface area (Å²) >= 11 is 0. The van der Waals surface area contributed by atoms with Crippen LogP contribution in [0.4, 0.5) is 0 Å². The molecule has 0 aromatic carbocycles. The fourth-order valence-corrected chi connectivity index (χ4v) is 7.26. The summed E-state index contributed by atoms with van der Waals surface area (Å²) < 4.78 is 16.8. The zero-order chi connectivity index (χ0) is 43.7. The van der Waals surface area contributed by atoms with Crippen molar-refractivity contribution < 1.29 is 28.6 Å². The molecule has 0 saturated heterocycles. The molecule has 0 N–H and O–H groups in total. The van der Waals surface area contributed by atoms with Crippen LogP contribution in [0, 0.1) is 0 Å². The molecule has 0 heterocycles. The summed E-state index contributed by atoms with van der Waals surface area (Å²) in [6, 6.07) is 0. The van der Waals surface area contributed by atoms with Crippen molar-refractivity contribution in [1.82, 2.24) is 0 Å². The smallest absolute Gasteiger partial charge is 0.306 e. The first-order valence-corrected chi connectivity index (χ1v) is 25.6. The van der Waals surface area contributed by atoms with Crippen molar-refractivity contribution in [3.05, 3.63) is 48.6 Å². The summed E-state index contributed by atoms with van der Waals surface area (Å²) in [6.45, 7) is 6.51. The molecule has 0 aliphatic carbocycles. The van der Waals surface area contributed by atoms with Gasteiger partial charge in [0.25, 0.3) is 0 Å². The third-order valence-corrected chi connectivity index (χ3v) is 11.1. The fourth-order valence-electron chi connectivity index (χ4n) is 7.26. The van der Waals surface area contributed by atoms with Gasteiger partial charge in [-0.3, -0.25) is 14.4 Å². The van der Waals surface area contributed by atoms with E-state index in [4.69, 9.17) is 14.2 Å². The minimum atomic E-state index is -0.780. The van der Waals surface area contributed by atoms with Crippen molar-refractivity contribution in [3.63, 3.8) is 0 Å². The van der Waals surface area contributed by atoms with Gasteiger partial charge in [0.05, 0.1) is 0 Å². The topological polar surface area (TPSA) is 78.9 Å². The number of unbranched alkanes of at least 4 members (excludes halogenated alkanes) is 27. The Hall–Kier alpha value is -2.63. The average molecular weight is 841 g/mol. The number of hydrogen-bond acceptors (Lipinski definition) is 6. The highest BCUT2D eigenvalue weighted by Crippen LogP contribution is 2.16. The summed E-state index contributed by atoms with van der Waals surface area (Å²) in [5.74, 6) is -0.903. The third-order valence-electron chi connectivity index (χ3n) is 11.1. The van der Waals surface area contributed by atoms with Gasteiger partial charge in [0, 0.05) is 19.3 Å². The van der Waals surface area contributed by atoms with Crippen LogP contribution in [0.25, 0.3) is 0 Å². The van der Waals surface area contributed by atoms with Crippen LogP contribution in [0.5, 0.6) is 0 Å². The summed E-state index contributed by atoms with van der Waals surface area (Å²) in [4.78, 5) is 37.9. The van der Waals surface area contributed by atoms with E-state index in [1.807, 2.05) is 0 Å². The second kappa shape index (κ2) is 49.0. The van der Waals surface area contributed by atoms with Crippen LogP contribution in [0.3, 0.4) is 0 Å². The van der Waals surface area contributed by atoms with Crippen LogP contribution in [0.1, 0.15) is 258 Å². The normalized spacial score (nSPS) is 12.4. The highest BCUT2D eigenvalue weighted by Gasteiger charge is 2.19. The van der Waals surface area contributed by atoms with Crippen LogP contribution < -0.4 is 0 Å². The number of allylic oxidation sites excluding steroid dienone is 8. The maximum atomic E-state index is 12.8. The van der Waals surface area contributed by atoms with Crippen LogP contribution in [0.15, 0.2) is 48.6 Å². The van der Waals surface area contributed by atoms with Gasteiger partial charge < -0.3 is 14.2 Å². The lowest BCUT2D eigenvalue weighted by Crippen LogP contribution is -2.30. The van der Waals surface area contributed by atoms with E-state index in [0.29, 0.717) is 19.3 Å². The Kier molecular flexibility index (Phi) is 46.9. The Morgan fingerprint density at radius 3 is 1.02 bits per heavy atom. The molecule has 0 aromatic rings. The molecule has 348 valence electrons. The number of hydrogen-bond donors (Lipinski definition) is 0. The monoisotopic (exact) mass is 841 g/mol. The van der Waals surface area contributed by atoms with Crippen molar-refractivity contribution in [2.75, 3.05) is 13.2 Å². The third kappa shape index (κ3) is 46.4. The van der Waals surface area contributed by atoms with Gasteiger partial charge in [0.2, 0.25) is 0 Å². The second-order valence-corrected chi connectivity index (χ2v) is 17.1. The molecule has 6 nitrogen and oxygen atoms in total. The van der Waals surface area contributed by atoms with Crippen LogP contribution >= 0.6 is 0 Å². The van der Waals surface area contributed by atoms with Gasteiger partial charge >= 0.3 is 17.9 Å². The minimum Gasteiger partial charge on any atom is -0.462 e. The zero-order valence-corrected chi connectivity index (χ0v) is 39.7. The largest absolute Gasteiger partial charge is 0.462 e. The summed E-state index contributed by atoms with van der Waals surface area (Å²) in [7, 11) is 0. The second-order valence-electron chi connectivity index (χ2n) is 17.1. The Morgan fingerprint density at radius 2 is 0.650 bits per heavy atom. The van der Waals surface area contributed by atoms with E-state index in [1.165, 1.54) is 128 Å². The van der Waals surface area contributed by atoms with Crippen LogP contribution in [0.2, 0.25) is 0 Å². The summed E-state index contributed by atoms with van der Waals surface area (Å²) in [5.41, 5.74) is 0. The van der Waals surface area contributed by atoms with Crippen molar-refractivity contribution in [1.29, 1.82) is 0 Å². The fraction of sp³-hybridized carbons (Fsp3) is 0.796. The lowest BCUT2D eigenvalue weighted by Gasteiger charge is -2.18. The van der Waals surface area contributed by atoms with Gasteiger partial charge in [-0.2, -0.15) is 0 Å². The molecule has 0 bridgehead atoms. The lowest BCUT2D eigenvalue weighted by atomic mass is 10.0. The molecule has 0 amide bonds. The molecule has 1 unspecified atom stereocenters. The highest BCUT2D eigenvalue weighted by atomic mass is 16.6. The summed E-state index contributed by atoms with van der Waals surface area (Å²) in [5, 5.41) is 0. The van der Waals surface area contributed by atoms with Crippen molar-refractivity contribution in [3.8, 4) is 0 Å². The molecule has 0 spiro atoms. The van der Waals surface area contributed by atoms with Crippen molar-refractivity contribution in [2.24, 2.45) is 0 Å². The molecule has 0 saturated carbocycles. The molecule has 60 heavy (non-hydrogen) atoms. The molecule has 0 fully saturated rings. The van der Waals surface area contributed by atoms with Gasteiger partial charge in [0.15, 0.2) is 6.10 Å². The van der Waals surface area contributed by atoms with E-state index in [0.717, 1.165) is 89.9 Å². The van der Waals surface area contributed by atoms with E-state index in [-0.39, 0.29) is 31.1 Å². The van der Waals surface area contributed by atoms with Crippen molar-refractivity contribution in [2.45, 2.75) is 264 Å². The minimum absolute atomic E-state index is 0.0796. The molecule has 1 atom stereocenters. The molecule has 0 radical (unpaired) electrons. The Balaban J connectivity index is 4.40. The molecule has 0 rings (SSSR count). The lowest BCUT2D eigenvalue weighted by molar-refractivity contribution is -0.167. The Morgan fingerprint density at radius 1 is 0.350 bits per heavy atom. The first-order chi connectivity index (χ1) is 29.5. The standard InChI is InChI=1S/C54H96O6/c1-4-7-10-13-16-19-22-25-27-28-30-32-35-38-41-44-47-53(56)59-50-51(49-58-52(55)46-43-40-37-34-31-24-21-18-15-12-9-6-3)60-54(57)48-45-42-39-36-33-29-26-23-20-17-14-11-8-5-2/h7,10,16,19,25,27,30,32,51H,4-6,8-9,11-15,17-18,20-24,26,28-29,31,33-50H2,1-3H3/b10-7-,19-16-,27-25-,32-30-. The Labute approximate surface area is 371 Å². The molecule has 6 heteroatoms. The van der Waals surface area contributed by atoms with E-state index >= 15 is 0 Å². The highest BCUT2D eigenvalue weighted by molar-refractivity contribution is 5.71. The quantitative estimate of drug-likeness (QED) is 0.0263. The maximum absolute atomic E-state index is 12.8. The predicted molar refractivity (Wildman–Crippen MR) is 256 cm³/mol. The van der Waals surface area contributed by atoms with E-state index in [1.54, 1.807) is 0 Å². The molecule has 0 aliphatic rings. The van der Waals surface area contributed by atoms with Gasteiger partial charge in [-0.05, 0) is 57.8 Å². The number of rotatable bonds is 46. The molecule has 0 aliphatic heterocycles. The number of ether oxygens (including phenoxy) is 3. The molecule has 0 aromatic heterocycles. The van der Waals surface area contributed by atoms with Crippen LogP contribution in [-0.4, -0.2) is 37.2 Å². The maximum Gasteiger partial charge on any atom is 0.306 e. The zero-order valence-electron chi connectivity index (χ0n) is 39.7. The first-order valence-electron chi connectivity index (χ1n) is 25.6. The van der Waals surface area contributed by atoms with E-state index in [9.17, 15) is 14.4 Å². The first kappa shape index (κ1) is 57.4. The number of esters is 3. The van der Waals surface area contributed by atoms with Gasteiger partial charge in [-0.15, -0.1) is 0 Å². The van der Waals surface area contributed by atoms with Gasteiger partial charge in [-0.1, -0.05) is 230 Å². The molecular formula is C54H96O6. The number of carbonyl (C=O) groups excluding carboxylic acids is 3. The van der Waals surface area contributed by atoms with Crippen molar-refractivity contribution >= 4 is 17.9 Å². The SMILES string of the molecule is CC/C=C\C/C=C\C/C=C\C/C=C\CCCCCC(=O)OCC(COC(=O)CCCCCCCCCCCCCC)OC(=O)CCCCCCCCCCCCCCCC. The predicted octanol–water partition coefficient (Wildman–Crippen LogP) is 16.7. The van der Waals surface area contributed by atoms with Gasteiger partial charge in [0.1, 0.15) is 13.2 Å². The molecular weight excluding hydrogens is 745 g/mol. The summed E-state index contributed by atoms with van der Waals surface area (Å²) in [6.07, 6.45) is 58.0. The average Bonchev–Trinajstić information content (AvgIpc) is 3.24.